The van der Waals surface area contributed by atoms with Crippen molar-refractivity contribution in [3.05, 3.63) is 23.8 Å². The first-order valence-corrected chi connectivity index (χ1v) is 9.51. The van der Waals surface area contributed by atoms with Crippen molar-refractivity contribution in [2.45, 2.75) is 45.4 Å². The predicted octanol–water partition coefficient (Wildman–Crippen LogP) is 4.00. The summed E-state index contributed by atoms with van der Waals surface area (Å²) >= 11 is 0. The van der Waals surface area contributed by atoms with E-state index in [1.807, 2.05) is 20.0 Å². The molecule has 1 aromatic carbocycles. The van der Waals surface area contributed by atoms with Crippen molar-refractivity contribution in [3.63, 3.8) is 0 Å². The van der Waals surface area contributed by atoms with Gasteiger partial charge in [-0.1, -0.05) is 18.9 Å². The van der Waals surface area contributed by atoms with Crippen LogP contribution in [0.2, 0.25) is 0 Å². The molecule has 2 rings (SSSR count). The Kier molecular flexibility index (Phi) is 11.5. The summed E-state index contributed by atoms with van der Waals surface area (Å²) in [6.45, 7) is 4.54. The van der Waals surface area contributed by atoms with Crippen molar-refractivity contribution in [1.29, 1.82) is 0 Å². The Morgan fingerprint density at radius 2 is 1.88 bits per heavy atom. The van der Waals surface area contributed by atoms with Gasteiger partial charge in [-0.3, -0.25) is 4.99 Å². The van der Waals surface area contributed by atoms with E-state index in [4.69, 9.17) is 9.47 Å². The molecular formula is C20H34IN3O2. The summed E-state index contributed by atoms with van der Waals surface area (Å²) in [6, 6.07) is 6.16. The molecule has 0 saturated heterocycles. The van der Waals surface area contributed by atoms with Crippen LogP contribution in [0.1, 0.15) is 44.6 Å². The molecule has 2 N–H and O–H groups in total. The number of aliphatic imine (C=N–C) groups is 1. The van der Waals surface area contributed by atoms with E-state index < -0.39 is 0 Å². The summed E-state index contributed by atoms with van der Waals surface area (Å²) in [6.07, 6.45) is 7.49. The highest BCUT2D eigenvalue weighted by atomic mass is 127. The molecule has 1 aromatic rings. The molecule has 0 spiro atoms. The zero-order valence-electron chi connectivity index (χ0n) is 16.3. The van der Waals surface area contributed by atoms with Gasteiger partial charge >= 0.3 is 0 Å². The van der Waals surface area contributed by atoms with Crippen LogP contribution in [-0.4, -0.2) is 39.8 Å². The van der Waals surface area contributed by atoms with Gasteiger partial charge in [0.2, 0.25) is 0 Å². The van der Waals surface area contributed by atoms with Gasteiger partial charge in [0.05, 0.1) is 13.7 Å². The Morgan fingerprint density at radius 3 is 2.50 bits per heavy atom. The zero-order chi connectivity index (χ0) is 17.9. The summed E-state index contributed by atoms with van der Waals surface area (Å²) in [4.78, 5) is 4.28. The van der Waals surface area contributed by atoms with Crippen molar-refractivity contribution in [1.82, 2.24) is 10.6 Å². The maximum absolute atomic E-state index is 5.64. The van der Waals surface area contributed by atoms with E-state index in [0.717, 1.165) is 49.3 Å². The number of nitrogens with zero attached hydrogens (tertiary/aromatic N) is 1. The smallest absolute Gasteiger partial charge is 0.190 e. The third kappa shape index (κ3) is 8.47. The minimum Gasteiger partial charge on any atom is -0.493 e. The summed E-state index contributed by atoms with van der Waals surface area (Å²) in [5.41, 5.74) is 1.26. The lowest BCUT2D eigenvalue weighted by atomic mass is 10.1. The summed E-state index contributed by atoms with van der Waals surface area (Å²) in [5, 5.41) is 6.78. The van der Waals surface area contributed by atoms with Gasteiger partial charge in [0.15, 0.2) is 17.5 Å². The highest BCUT2D eigenvalue weighted by molar-refractivity contribution is 14.0. The molecule has 148 valence electrons. The van der Waals surface area contributed by atoms with Gasteiger partial charge in [0, 0.05) is 20.1 Å². The first-order valence-electron chi connectivity index (χ1n) is 9.51. The third-order valence-electron chi connectivity index (χ3n) is 4.46. The molecular weight excluding hydrogens is 441 g/mol. The minimum absolute atomic E-state index is 0. The number of aryl methyl sites for hydroxylation is 1. The van der Waals surface area contributed by atoms with E-state index in [1.54, 1.807) is 7.11 Å². The van der Waals surface area contributed by atoms with Crippen LogP contribution in [0.3, 0.4) is 0 Å². The number of nitrogens with one attached hydrogen (secondary N) is 2. The number of hydrogen-bond donors (Lipinski definition) is 2. The highest BCUT2D eigenvalue weighted by Gasteiger charge is 2.19. The Balaban J connectivity index is 0.00000338. The van der Waals surface area contributed by atoms with Crippen LogP contribution < -0.4 is 20.1 Å². The molecule has 1 fully saturated rings. The van der Waals surface area contributed by atoms with Crippen LogP contribution in [0, 0.1) is 5.92 Å². The first-order chi connectivity index (χ1) is 12.3. The summed E-state index contributed by atoms with van der Waals surface area (Å²) in [7, 11) is 3.50. The van der Waals surface area contributed by atoms with Crippen molar-refractivity contribution in [2.75, 3.05) is 33.9 Å². The van der Waals surface area contributed by atoms with E-state index >= 15 is 0 Å². The molecule has 1 aliphatic carbocycles. The summed E-state index contributed by atoms with van der Waals surface area (Å²) in [5.74, 6) is 3.52. The molecule has 0 heterocycles. The number of methoxy groups -OCH3 is 1. The molecule has 0 bridgehead atoms. The number of benzene rings is 1. The Hall–Kier alpha value is -1.18. The second kappa shape index (κ2) is 13.1. The average Bonchev–Trinajstić information content (AvgIpc) is 3.45. The predicted molar refractivity (Wildman–Crippen MR) is 119 cm³/mol. The van der Waals surface area contributed by atoms with Gasteiger partial charge in [-0.2, -0.15) is 0 Å². The van der Waals surface area contributed by atoms with E-state index in [1.165, 1.54) is 31.2 Å². The fourth-order valence-corrected chi connectivity index (χ4v) is 2.87. The quantitative estimate of drug-likeness (QED) is 0.220. The lowest BCUT2D eigenvalue weighted by Crippen LogP contribution is -2.38. The third-order valence-corrected chi connectivity index (χ3v) is 4.46. The average molecular weight is 475 g/mol. The van der Waals surface area contributed by atoms with Gasteiger partial charge in [-0.05, 0) is 56.2 Å². The normalized spacial score (nSPS) is 13.7. The lowest BCUT2D eigenvalue weighted by Gasteiger charge is -2.13. The number of halogens is 1. The molecule has 0 aromatic heterocycles. The molecule has 1 aliphatic rings. The largest absolute Gasteiger partial charge is 0.493 e. The molecule has 5 nitrogen and oxygen atoms in total. The zero-order valence-corrected chi connectivity index (χ0v) is 18.7. The van der Waals surface area contributed by atoms with Crippen LogP contribution in [-0.2, 0) is 6.42 Å². The van der Waals surface area contributed by atoms with E-state index in [9.17, 15) is 0 Å². The second-order valence-electron chi connectivity index (χ2n) is 6.53. The Bertz CT molecular complexity index is 548. The minimum atomic E-state index is 0. The molecule has 0 atom stereocenters. The molecule has 26 heavy (non-hydrogen) atoms. The van der Waals surface area contributed by atoms with Gasteiger partial charge in [0.1, 0.15) is 0 Å². The van der Waals surface area contributed by atoms with E-state index in [2.05, 4.69) is 27.8 Å². The maximum Gasteiger partial charge on any atom is 0.190 e. The van der Waals surface area contributed by atoms with Gasteiger partial charge in [-0.25, -0.2) is 0 Å². The molecule has 6 heteroatoms. The number of hydrogen-bond acceptors (Lipinski definition) is 3. The second-order valence-corrected chi connectivity index (χ2v) is 6.53. The maximum atomic E-state index is 5.64. The standard InChI is InChI=1S/C20H33N3O2.HI/c1-4-25-19-15-17(11-12-18(19)24-3)8-6-14-23-20(21-2)22-13-5-7-16-9-10-16;/h11-12,15-16H,4-10,13-14H2,1-3H3,(H2,21,22,23);1H. The lowest BCUT2D eigenvalue weighted by molar-refractivity contribution is 0.310. The van der Waals surface area contributed by atoms with Gasteiger partial charge < -0.3 is 20.1 Å². The summed E-state index contributed by atoms with van der Waals surface area (Å²) < 4.78 is 11.0. The van der Waals surface area contributed by atoms with E-state index in [-0.39, 0.29) is 24.0 Å². The van der Waals surface area contributed by atoms with E-state index in [0.29, 0.717) is 6.61 Å². The number of ether oxygens (including phenoxy) is 2. The SMILES string of the molecule is CCOc1cc(CCCNC(=NC)NCCCC2CC2)ccc1OC.I. The molecule has 0 aliphatic heterocycles. The molecule has 1 saturated carbocycles. The van der Waals surface area contributed by atoms with Gasteiger partial charge in [0.25, 0.3) is 0 Å². The molecule has 0 amide bonds. The fraction of sp³-hybridized carbons (Fsp3) is 0.650. The van der Waals surface area contributed by atoms with Crippen LogP contribution >= 0.6 is 24.0 Å². The number of rotatable bonds is 11. The number of guanidine groups is 1. The van der Waals surface area contributed by atoms with Crippen molar-refractivity contribution in [3.8, 4) is 11.5 Å². The topological polar surface area (TPSA) is 54.9 Å². The Morgan fingerprint density at radius 1 is 1.15 bits per heavy atom. The van der Waals surface area contributed by atoms with Crippen molar-refractivity contribution >= 4 is 29.9 Å². The van der Waals surface area contributed by atoms with Crippen molar-refractivity contribution in [2.24, 2.45) is 10.9 Å². The fourth-order valence-electron chi connectivity index (χ4n) is 2.87. The highest BCUT2D eigenvalue weighted by Crippen LogP contribution is 2.33. The first kappa shape index (κ1) is 22.9. The van der Waals surface area contributed by atoms with Crippen LogP contribution in [0.4, 0.5) is 0 Å². The van der Waals surface area contributed by atoms with Crippen molar-refractivity contribution < 1.29 is 9.47 Å². The van der Waals surface area contributed by atoms with Crippen LogP contribution in [0.25, 0.3) is 0 Å². The molecule has 0 radical (unpaired) electrons. The Labute approximate surface area is 175 Å². The molecule has 0 unspecified atom stereocenters. The van der Waals surface area contributed by atoms with Gasteiger partial charge in [-0.15, -0.1) is 24.0 Å². The monoisotopic (exact) mass is 475 g/mol. The van der Waals surface area contributed by atoms with Crippen LogP contribution in [0.15, 0.2) is 23.2 Å². The van der Waals surface area contributed by atoms with Crippen LogP contribution in [0.5, 0.6) is 11.5 Å².